The van der Waals surface area contributed by atoms with E-state index in [4.69, 9.17) is 10.5 Å². The topological polar surface area (TPSA) is 52.3 Å². The van der Waals surface area contributed by atoms with E-state index in [9.17, 15) is 4.79 Å². The molecular formula is C15H15NO2. The van der Waals surface area contributed by atoms with Gasteiger partial charge in [-0.2, -0.15) is 0 Å². The second-order valence-corrected chi connectivity index (χ2v) is 4.07. The van der Waals surface area contributed by atoms with Gasteiger partial charge >= 0.3 is 6.09 Å². The summed E-state index contributed by atoms with van der Waals surface area (Å²) in [6, 6.07) is 18.0. The summed E-state index contributed by atoms with van der Waals surface area (Å²) in [5.41, 5.74) is 8.20. The Kier molecular flexibility index (Phi) is 3.63. The van der Waals surface area contributed by atoms with E-state index < -0.39 is 6.09 Å². The van der Waals surface area contributed by atoms with Crippen molar-refractivity contribution < 1.29 is 9.53 Å². The average molecular weight is 241 g/mol. The molecule has 0 fully saturated rings. The third kappa shape index (κ3) is 2.88. The SMILES string of the molecule is CC(OC(N)=O)c1ccc(-c2ccccc2)cc1. The summed E-state index contributed by atoms with van der Waals surface area (Å²) in [5, 5.41) is 0. The maximum Gasteiger partial charge on any atom is 0.405 e. The smallest absolute Gasteiger partial charge is 0.405 e. The van der Waals surface area contributed by atoms with Crippen LogP contribution in [0.5, 0.6) is 0 Å². The number of benzene rings is 2. The van der Waals surface area contributed by atoms with Crippen LogP contribution in [0, 0.1) is 0 Å². The normalized spacial score (nSPS) is 11.8. The molecule has 2 aromatic carbocycles. The number of nitrogens with two attached hydrogens (primary N) is 1. The number of hydrogen-bond donors (Lipinski definition) is 1. The third-order valence-corrected chi connectivity index (χ3v) is 2.78. The van der Waals surface area contributed by atoms with E-state index in [1.165, 1.54) is 0 Å². The van der Waals surface area contributed by atoms with Gasteiger partial charge in [0, 0.05) is 0 Å². The van der Waals surface area contributed by atoms with Gasteiger partial charge in [-0.3, -0.25) is 0 Å². The van der Waals surface area contributed by atoms with Crippen molar-refractivity contribution in [1.82, 2.24) is 0 Å². The van der Waals surface area contributed by atoms with Crippen LogP contribution in [0.3, 0.4) is 0 Å². The molecular weight excluding hydrogens is 226 g/mol. The summed E-state index contributed by atoms with van der Waals surface area (Å²) in [6.07, 6.45) is -1.08. The minimum atomic E-state index is -0.755. The summed E-state index contributed by atoms with van der Waals surface area (Å²) < 4.78 is 4.92. The highest BCUT2D eigenvalue weighted by Gasteiger charge is 2.08. The highest BCUT2D eigenvalue weighted by molar-refractivity contribution is 5.65. The van der Waals surface area contributed by atoms with Gasteiger partial charge in [-0.05, 0) is 23.6 Å². The molecule has 2 rings (SSSR count). The molecule has 0 aromatic heterocycles. The molecule has 18 heavy (non-hydrogen) atoms. The fraction of sp³-hybridized carbons (Fsp3) is 0.133. The zero-order chi connectivity index (χ0) is 13.0. The van der Waals surface area contributed by atoms with E-state index in [0.717, 1.165) is 16.7 Å². The summed E-state index contributed by atoms with van der Waals surface area (Å²) in [4.78, 5) is 10.7. The van der Waals surface area contributed by atoms with Crippen molar-refractivity contribution in [2.24, 2.45) is 5.73 Å². The molecule has 3 nitrogen and oxygen atoms in total. The van der Waals surface area contributed by atoms with E-state index in [1.807, 2.05) is 42.5 Å². The van der Waals surface area contributed by atoms with Crippen LogP contribution in [-0.4, -0.2) is 6.09 Å². The van der Waals surface area contributed by atoms with Crippen molar-refractivity contribution >= 4 is 6.09 Å². The quantitative estimate of drug-likeness (QED) is 0.894. The molecule has 0 aliphatic carbocycles. The Morgan fingerprint density at radius 3 is 2.11 bits per heavy atom. The lowest BCUT2D eigenvalue weighted by Crippen LogP contribution is -2.15. The molecule has 3 heteroatoms. The summed E-state index contributed by atoms with van der Waals surface area (Å²) in [7, 11) is 0. The molecule has 0 spiro atoms. The van der Waals surface area contributed by atoms with Crippen LogP contribution in [-0.2, 0) is 4.74 Å². The standard InChI is InChI=1S/C15H15NO2/c1-11(18-15(16)17)12-7-9-14(10-8-12)13-5-3-2-4-6-13/h2-11H,1H3,(H2,16,17). The maximum atomic E-state index is 10.7. The van der Waals surface area contributed by atoms with Crippen molar-refractivity contribution in [3.63, 3.8) is 0 Å². The van der Waals surface area contributed by atoms with Gasteiger partial charge in [0.15, 0.2) is 0 Å². The predicted octanol–water partition coefficient (Wildman–Crippen LogP) is 3.51. The number of carbonyl (C=O) groups is 1. The fourth-order valence-corrected chi connectivity index (χ4v) is 1.82. The van der Waals surface area contributed by atoms with Gasteiger partial charge in [-0.15, -0.1) is 0 Å². The van der Waals surface area contributed by atoms with Crippen molar-refractivity contribution in [3.8, 4) is 11.1 Å². The Hall–Kier alpha value is -2.29. The minimum absolute atomic E-state index is 0.327. The first-order valence-electron chi connectivity index (χ1n) is 5.78. The molecule has 0 bridgehead atoms. The second-order valence-electron chi connectivity index (χ2n) is 4.07. The average Bonchev–Trinajstić information content (AvgIpc) is 2.39. The molecule has 2 N–H and O–H groups in total. The fourth-order valence-electron chi connectivity index (χ4n) is 1.82. The molecule has 0 aliphatic rings. The molecule has 1 atom stereocenters. The molecule has 0 aliphatic heterocycles. The number of rotatable bonds is 3. The first-order valence-corrected chi connectivity index (χ1v) is 5.78. The van der Waals surface area contributed by atoms with Crippen LogP contribution >= 0.6 is 0 Å². The zero-order valence-electron chi connectivity index (χ0n) is 10.2. The number of hydrogen-bond acceptors (Lipinski definition) is 2. The lowest BCUT2D eigenvalue weighted by atomic mass is 10.0. The molecule has 92 valence electrons. The van der Waals surface area contributed by atoms with Crippen LogP contribution in [0.1, 0.15) is 18.6 Å². The Bertz CT molecular complexity index is 520. The van der Waals surface area contributed by atoms with E-state index in [0.29, 0.717) is 0 Å². The number of primary amides is 1. The van der Waals surface area contributed by atoms with Crippen molar-refractivity contribution in [3.05, 3.63) is 60.2 Å². The van der Waals surface area contributed by atoms with Crippen LogP contribution in [0.15, 0.2) is 54.6 Å². The van der Waals surface area contributed by atoms with Crippen molar-refractivity contribution in [2.45, 2.75) is 13.0 Å². The minimum Gasteiger partial charge on any atom is -0.442 e. The highest BCUT2D eigenvalue weighted by atomic mass is 16.6. The van der Waals surface area contributed by atoms with Gasteiger partial charge in [-0.25, -0.2) is 4.79 Å². The summed E-state index contributed by atoms with van der Waals surface area (Å²) in [5.74, 6) is 0. The first-order chi connectivity index (χ1) is 8.66. The third-order valence-electron chi connectivity index (χ3n) is 2.78. The molecule has 1 unspecified atom stereocenters. The number of amides is 1. The van der Waals surface area contributed by atoms with Crippen LogP contribution in [0.25, 0.3) is 11.1 Å². The van der Waals surface area contributed by atoms with E-state index in [-0.39, 0.29) is 6.10 Å². The van der Waals surface area contributed by atoms with E-state index in [1.54, 1.807) is 6.92 Å². The van der Waals surface area contributed by atoms with Crippen LogP contribution in [0.4, 0.5) is 4.79 Å². The lowest BCUT2D eigenvalue weighted by Gasteiger charge is -2.12. The van der Waals surface area contributed by atoms with Gasteiger partial charge < -0.3 is 10.5 Å². The van der Waals surface area contributed by atoms with Gasteiger partial charge in [0.25, 0.3) is 0 Å². The first kappa shape index (κ1) is 12.2. The van der Waals surface area contributed by atoms with Crippen LogP contribution < -0.4 is 5.73 Å². The Labute approximate surface area is 106 Å². The maximum absolute atomic E-state index is 10.7. The zero-order valence-corrected chi connectivity index (χ0v) is 10.2. The summed E-state index contributed by atoms with van der Waals surface area (Å²) in [6.45, 7) is 1.79. The largest absolute Gasteiger partial charge is 0.442 e. The molecule has 0 saturated heterocycles. The Morgan fingerprint density at radius 2 is 1.56 bits per heavy atom. The lowest BCUT2D eigenvalue weighted by molar-refractivity contribution is 0.116. The number of carbonyl (C=O) groups excluding carboxylic acids is 1. The molecule has 0 saturated carbocycles. The van der Waals surface area contributed by atoms with Gasteiger partial charge in [0.05, 0.1) is 0 Å². The highest BCUT2D eigenvalue weighted by Crippen LogP contribution is 2.23. The van der Waals surface area contributed by atoms with Crippen molar-refractivity contribution in [1.29, 1.82) is 0 Å². The number of ether oxygens (including phenoxy) is 1. The Balaban J connectivity index is 2.18. The van der Waals surface area contributed by atoms with Gasteiger partial charge in [0.2, 0.25) is 0 Å². The molecule has 1 amide bonds. The summed E-state index contributed by atoms with van der Waals surface area (Å²) >= 11 is 0. The van der Waals surface area contributed by atoms with Gasteiger partial charge in [0.1, 0.15) is 6.10 Å². The van der Waals surface area contributed by atoms with Gasteiger partial charge in [-0.1, -0.05) is 54.6 Å². The van der Waals surface area contributed by atoms with Crippen LogP contribution in [0.2, 0.25) is 0 Å². The predicted molar refractivity (Wildman–Crippen MR) is 71.0 cm³/mol. The monoisotopic (exact) mass is 241 g/mol. The van der Waals surface area contributed by atoms with Crippen molar-refractivity contribution in [2.75, 3.05) is 0 Å². The molecule has 0 heterocycles. The molecule has 0 radical (unpaired) electrons. The second kappa shape index (κ2) is 5.36. The van der Waals surface area contributed by atoms with E-state index >= 15 is 0 Å². The molecule has 2 aromatic rings. The Morgan fingerprint density at radius 1 is 1.00 bits per heavy atom. The van der Waals surface area contributed by atoms with E-state index in [2.05, 4.69) is 12.1 Å².